The van der Waals surface area contributed by atoms with E-state index in [1.807, 2.05) is 0 Å². The number of rotatable bonds is 6. The number of anilines is 1. The van der Waals surface area contributed by atoms with Gasteiger partial charge in [-0.05, 0) is 0 Å². The Morgan fingerprint density at radius 1 is 1.20 bits per heavy atom. The van der Waals surface area contributed by atoms with Gasteiger partial charge in [-0.3, -0.25) is 0 Å². The van der Waals surface area contributed by atoms with E-state index in [4.69, 9.17) is 19.9 Å². The van der Waals surface area contributed by atoms with Gasteiger partial charge < -0.3 is 19.9 Å². The van der Waals surface area contributed by atoms with Gasteiger partial charge in [0.05, 0.1) is 31.2 Å². The fourth-order valence-electron chi connectivity index (χ4n) is 1.43. The molecule has 2 N–H and O–H groups in total. The van der Waals surface area contributed by atoms with Crippen molar-refractivity contribution in [2.75, 3.05) is 38.6 Å². The fourth-order valence-corrected chi connectivity index (χ4v) is 1.82. The molecule has 20 heavy (non-hydrogen) atoms. The van der Waals surface area contributed by atoms with Gasteiger partial charge in [-0.1, -0.05) is 0 Å². The molecule has 0 aliphatic heterocycles. The summed E-state index contributed by atoms with van der Waals surface area (Å²) in [7, 11) is -0.320. The zero-order valence-corrected chi connectivity index (χ0v) is 12.3. The lowest BCUT2D eigenvalue weighted by Crippen LogP contribution is -2.15. The Hall–Kier alpha value is -1.96. The molecule has 0 aromatic heterocycles. The number of sulfone groups is 1. The van der Waals surface area contributed by atoms with Crippen molar-refractivity contribution in [2.24, 2.45) is 0 Å². The van der Waals surface area contributed by atoms with E-state index in [1.165, 1.54) is 26.4 Å². The standard InChI is InChI=1S/C12H17NO6S/c1-17-10-6-8(9(13)7-11(10)18-2)12(14)19-4-5-20(3,15)16/h6-7H,4-5,13H2,1-3H3. The Labute approximate surface area is 117 Å². The maximum Gasteiger partial charge on any atom is 0.340 e. The summed E-state index contributed by atoms with van der Waals surface area (Å²) < 4.78 is 36.9. The second-order valence-corrected chi connectivity index (χ2v) is 6.32. The van der Waals surface area contributed by atoms with E-state index in [-0.39, 0.29) is 23.6 Å². The molecule has 0 saturated heterocycles. The number of nitrogen functional groups attached to an aromatic ring is 1. The highest BCUT2D eigenvalue weighted by molar-refractivity contribution is 7.90. The van der Waals surface area contributed by atoms with E-state index in [0.717, 1.165) is 6.26 Å². The molecule has 1 aromatic carbocycles. The lowest BCUT2D eigenvalue weighted by Gasteiger charge is -2.12. The number of hydrogen-bond donors (Lipinski definition) is 1. The summed E-state index contributed by atoms with van der Waals surface area (Å²) in [6, 6.07) is 2.82. The minimum absolute atomic E-state index is 0.0937. The molecular formula is C12H17NO6S. The molecule has 0 bridgehead atoms. The topological polar surface area (TPSA) is 105 Å². The summed E-state index contributed by atoms with van der Waals surface area (Å²) in [5, 5.41) is 0. The predicted octanol–water partition coefficient (Wildman–Crippen LogP) is 0.487. The lowest BCUT2D eigenvalue weighted by atomic mass is 10.1. The largest absolute Gasteiger partial charge is 0.493 e. The average molecular weight is 303 g/mol. The second kappa shape index (κ2) is 6.47. The van der Waals surface area contributed by atoms with Crippen molar-refractivity contribution in [3.63, 3.8) is 0 Å². The molecule has 0 atom stereocenters. The van der Waals surface area contributed by atoms with Gasteiger partial charge >= 0.3 is 5.97 Å². The van der Waals surface area contributed by atoms with Crippen LogP contribution >= 0.6 is 0 Å². The third-order valence-electron chi connectivity index (χ3n) is 2.46. The summed E-state index contributed by atoms with van der Waals surface area (Å²) in [6.45, 7) is -0.231. The van der Waals surface area contributed by atoms with E-state index in [9.17, 15) is 13.2 Å². The molecule has 8 heteroatoms. The Bertz CT molecular complexity index is 596. The van der Waals surface area contributed by atoms with Gasteiger partial charge in [0.1, 0.15) is 6.61 Å². The molecule has 0 unspecified atom stereocenters. The summed E-state index contributed by atoms with van der Waals surface area (Å²) in [5.41, 5.74) is 5.98. The van der Waals surface area contributed by atoms with Gasteiger partial charge in [0, 0.05) is 18.4 Å². The number of carbonyl (C=O) groups excluding carboxylic acids is 1. The minimum Gasteiger partial charge on any atom is -0.493 e. The van der Waals surface area contributed by atoms with Crippen LogP contribution in [0.2, 0.25) is 0 Å². The van der Waals surface area contributed by atoms with E-state index < -0.39 is 15.8 Å². The Balaban J connectivity index is 2.88. The van der Waals surface area contributed by atoms with Crippen molar-refractivity contribution in [3.8, 4) is 11.5 Å². The summed E-state index contributed by atoms with van der Waals surface area (Å²) >= 11 is 0. The van der Waals surface area contributed by atoms with E-state index >= 15 is 0 Å². The van der Waals surface area contributed by atoms with Crippen LogP contribution in [0.25, 0.3) is 0 Å². The number of carbonyl (C=O) groups is 1. The van der Waals surface area contributed by atoms with Gasteiger partial charge in [-0.25, -0.2) is 13.2 Å². The molecule has 0 spiro atoms. The van der Waals surface area contributed by atoms with Crippen molar-refractivity contribution in [3.05, 3.63) is 17.7 Å². The Morgan fingerprint density at radius 2 is 1.75 bits per heavy atom. The van der Waals surface area contributed by atoms with Crippen LogP contribution in [0.1, 0.15) is 10.4 Å². The highest BCUT2D eigenvalue weighted by Crippen LogP contribution is 2.32. The average Bonchev–Trinajstić information content (AvgIpc) is 2.36. The number of ether oxygens (including phenoxy) is 3. The molecule has 1 rings (SSSR count). The van der Waals surface area contributed by atoms with Crippen molar-refractivity contribution in [1.29, 1.82) is 0 Å². The van der Waals surface area contributed by atoms with E-state index in [0.29, 0.717) is 11.5 Å². The minimum atomic E-state index is -3.19. The van der Waals surface area contributed by atoms with Gasteiger partial charge in [-0.15, -0.1) is 0 Å². The van der Waals surface area contributed by atoms with Crippen LogP contribution in [0.5, 0.6) is 11.5 Å². The molecule has 0 amide bonds. The second-order valence-electron chi connectivity index (χ2n) is 4.06. The molecule has 0 aliphatic carbocycles. The number of hydrogen-bond acceptors (Lipinski definition) is 7. The molecule has 112 valence electrons. The lowest BCUT2D eigenvalue weighted by molar-refractivity contribution is 0.0530. The quantitative estimate of drug-likeness (QED) is 0.602. The third kappa shape index (κ3) is 4.30. The molecule has 0 heterocycles. The first kappa shape index (κ1) is 16.1. The molecule has 7 nitrogen and oxygen atoms in total. The highest BCUT2D eigenvalue weighted by Gasteiger charge is 2.17. The number of nitrogens with two attached hydrogens (primary N) is 1. The number of esters is 1. The van der Waals surface area contributed by atoms with Crippen molar-refractivity contribution < 1.29 is 27.4 Å². The highest BCUT2D eigenvalue weighted by atomic mass is 32.2. The number of methoxy groups -OCH3 is 2. The van der Waals surface area contributed by atoms with Crippen LogP contribution in [0.15, 0.2) is 12.1 Å². The van der Waals surface area contributed by atoms with Crippen molar-refractivity contribution in [2.45, 2.75) is 0 Å². The maximum atomic E-state index is 11.8. The first-order chi connectivity index (χ1) is 9.28. The van der Waals surface area contributed by atoms with Crippen molar-refractivity contribution >= 4 is 21.5 Å². The van der Waals surface area contributed by atoms with Crippen LogP contribution in [0, 0.1) is 0 Å². The zero-order valence-electron chi connectivity index (χ0n) is 11.5. The molecule has 0 aliphatic rings. The van der Waals surface area contributed by atoms with Gasteiger partial charge in [0.2, 0.25) is 0 Å². The van der Waals surface area contributed by atoms with Gasteiger partial charge in [0.15, 0.2) is 21.3 Å². The Morgan fingerprint density at radius 3 is 2.25 bits per heavy atom. The van der Waals surface area contributed by atoms with Crippen LogP contribution < -0.4 is 15.2 Å². The fraction of sp³-hybridized carbons (Fsp3) is 0.417. The zero-order chi connectivity index (χ0) is 15.3. The molecule has 0 radical (unpaired) electrons. The van der Waals surface area contributed by atoms with Gasteiger partial charge in [-0.2, -0.15) is 0 Å². The first-order valence-electron chi connectivity index (χ1n) is 5.65. The van der Waals surface area contributed by atoms with Crippen LogP contribution in [0.4, 0.5) is 5.69 Å². The van der Waals surface area contributed by atoms with Gasteiger partial charge in [0.25, 0.3) is 0 Å². The number of benzene rings is 1. The normalized spacial score (nSPS) is 10.9. The van der Waals surface area contributed by atoms with Crippen molar-refractivity contribution in [1.82, 2.24) is 0 Å². The molecule has 1 aromatic rings. The van der Waals surface area contributed by atoms with E-state index in [1.54, 1.807) is 0 Å². The van der Waals surface area contributed by atoms with Crippen LogP contribution in [-0.4, -0.2) is 47.2 Å². The summed E-state index contributed by atoms with van der Waals surface area (Å²) in [4.78, 5) is 11.8. The maximum absolute atomic E-state index is 11.8. The monoisotopic (exact) mass is 303 g/mol. The smallest absolute Gasteiger partial charge is 0.340 e. The third-order valence-corrected chi connectivity index (χ3v) is 3.37. The summed E-state index contributed by atoms with van der Waals surface area (Å²) in [6.07, 6.45) is 1.06. The van der Waals surface area contributed by atoms with Crippen LogP contribution in [-0.2, 0) is 14.6 Å². The molecule has 0 saturated carbocycles. The Kier molecular flexibility index (Phi) is 5.20. The molecular weight excluding hydrogens is 286 g/mol. The SMILES string of the molecule is COc1cc(N)c(C(=O)OCCS(C)(=O)=O)cc1OC. The van der Waals surface area contributed by atoms with E-state index in [2.05, 4.69) is 0 Å². The summed E-state index contributed by atoms with van der Waals surface area (Å²) in [5.74, 6) is -0.243. The van der Waals surface area contributed by atoms with Crippen LogP contribution in [0.3, 0.4) is 0 Å². The predicted molar refractivity (Wildman–Crippen MR) is 74.0 cm³/mol. The first-order valence-corrected chi connectivity index (χ1v) is 7.71. The molecule has 0 fully saturated rings.